The predicted octanol–water partition coefficient (Wildman–Crippen LogP) is 4.39. The maximum absolute atomic E-state index is 12.5. The molecule has 0 saturated carbocycles. The molecule has 0 fully saturated rings. The van der Waals surface area contributed by atoms with Crippen LogP contribution in [-0.4, -0.2) is 42.1 Å². The summed E-state index contributed by atoms with van der Waals surface area (Å²) < 4.78 is 12.5. The van der Waals surface area contributed by atoms with E-state index >= 15 is 0 Å². The van der Waals surface area contributed by atoms with Crippen LogP contribution in [0.4, 0.5) is 0 Å². The van der Waals surface area contributed by atoms with E-state index in [1.807, 2.05) is 80.7 Å². The Balaban J connectivity index is 1.97. The highest BCUT2D eigenvalue weighted by atomic mass is 16.5. The Morgan fingerprint density at radius 3 is 2.55 bits per heavy atom. The summed E-state index contributed by atoms with van der Waals surface area (Å²) in [5.74, 6) is 0.342. The van der Waals surface area contributed by atoms with Crippen molar-refractivity contribution >= 4 is 12.0 Å². The molecule has 1 amide bonds. The molecular weight excluding hydrogens is 416 g/mol. The Morgan fingerprint density at radius 2 is 1.91 bits per heavy atom. The Bertz CT molecular complexity index is 1130. The van der Waals surface area contributed by atoms with Crippen molar-refractivity contribution in [1.82, 2.24) is 15.1 Å². The zero-order valence-electron chi connectivity index (χ0n) is 19.1. The number of hydrogen-bond donors (Lipinski definition) is 1. The molecule has 33 heavy (non-hydrogen) atoms. The van der Waals surface area contributed by atoms with Crippen molar-refractivity contribution in [3.8, 4) is 28.8 Å². The van der Waals surface area contributed by atoms with Gasteiger partial charge in [0.15, 0.2) is 0 Å². The van der Waals surface area contributed by atoms with Crippen molar-refractivity contribution in [3.05, 3.63) is 71.9 Å². The molecule has 0 saturated heterocycles. The number of nitrogens with zero attached hydrogens (tertiary/aromatic N) is 3. The van der Waals surface area contributed by atoms with E-state index in [-0.39, 0.29) is 11.7 Å². The number of benzene rings is 2. The molecule has 0 aliphatic rings. The van der Waals surface area contributed by atoms with E-state index in [1.165, 1.54) is 0 Å². The first kappa shape index (κ1) is 23.8. The molecule has 7 heteroatoms. The second kappa shape index (κ2) is 11.7. The number of nitriles is 1. The molecule has 1 aromatic heterocycles. The third-order valence-electron chi connectivity index (χ3n) is 4.74. The minimum Gasteiger partial charge on any atom is -0.491 e. The highest BCUT2D eigenvalue weighted by molar-refractivity contribution is 6.02. The number of para-hydroxylation sites is 1. The molecule has 0 unspecified atom stereocenters. The van der Waals surface area contributed by atoms with Crippen molar-refractivity contribution in [3.63, 3.8) is 0 Å². The SMILES string of the molecule is COCCCNC(=O)C(C#N)=Cc1cn(-c2ccccc2)nc1-c1ccc(OC(C)C)cc1. The number of aromatic nitrogens is 2. The number of nitrogens with one attached hydrogen (secondary N) is 1. The zero-order chi connectivity index (χ0) is 23.6. The number of methoxy groups -OCH3 is 1. The van der Waals surface area contributed by atoms with Gasteiger partial charge in [0.2, 0.25) is 0 Å². The van der Waals surface area contributed by atoms with E-state index in [9.17, 15) is 10.1 Å². The number of rotatable bonds is 10. The van der Waals surface area contributed by atoms with Crippen LogP contribution >= 0.6 is 0 Å². The summed E-state index contributed by atoms with van der Waals surface area (Å²) in [6.07, 6.45) is 4.14. The lowest BCUT2D eigenvalue weighted by Crippen LogP contribution is -2.26. The molecule has 0 aliphatic carbocycles. The molecule has 170 valence electrons. The van der Waals surface area contributed by atoms with Gasteiger partial charge < -0.3 is 14.8 Å². The van der Waals surface area contributed by atoms with E-state index in [1.54, 1.807) is 17.9 Å². The molecule has 1 N–H and O–H groups in total. The van der Waals surface area contributed by atoms with Crippen molar-refractivity contribution < 1.29 is 14.3 Å². The number of hydrogen-bond acceptors (Lipinski definition) is 5. The van der Waals surface area contributed by atoms with Crippen molar-refractivity contribution in [2.24, 2.45) is 0 Å². The lowest BCUT2D eigenvalue weighted by atomic mass is 10.1. The molecule has 7 nitrogen and oxygen atoms in total. The Kier molecular flexibility index (Phi) is 8.39. The first-order valence-electron chi connectivity index (χ1n) is 10.8. The molecule has 0 radical (unpaired) electrons. The molecule has 2 aromatic carbocycles. The van der Waals surface area contributed by atoms with Gasteiger partial charge in [0.05, 0.1) is 17.5 Å². The van der Waals surface area contributed by atoms with Crippen LogP contribution < -0.4 is 10.1 Å². The number of carbonyl (C=O) groups excluding carboxylic acids is 1. The number of ether oxygens (including phenoxy) is 2. The molecular formula is C26H28N4O3. The van der Waals surface area contributed by atoms with Crippen LogP contribution in [0.1, 0.15) is 25.8 Å². The molecule has 0 spiro atoms. The highest BCUT2D eigenvalue weighted by Gasteiger charge is 2.15. The third kappa shape index (κ3) is 6.55. The standard InChI is InChI=1S/C26H28N4O3/c1-19(2)33-24-12-10-20(11-13-24)25-22(18-30(29-25)23-8-5-4-6-9-23)16-21(17-27)26(31)28-14-7-15-32-3/h4-6,8-13,16,18-19H,7,14-15H2,1-3H3,(H,28,31). The topological polar surface area (TPSA) is 89.2 Å². The first-order valence-corrected chi connectivity index (χ1v) is 10.8. The largest absolute Gasteiger partial charge is 0.491 e. The maximum Gasteiger partial charge on any atom is 0.261 e. The third-order valence-corrected chi connectivity index (χ3v) is 4.74. The van der Waals surface area contributed by atoms with Gasteiger partial charge in [-0.1, -0.05) is 18.2 Å². The highest BCUT2D eigenvalue weighted by Crippen LogP contribution is 2.28. The quantitative estimate of drug-likeness (QED) is 0.285. The van der Waals surface area contributed by atoms with E-state index in [4.69, 9.17) is 14.6 Å². The fraction of sp³-hybridized carbons (Fsp3) is 0.269. The molecule has 0 bridgehead atoms. The summed E-state index contributed by atoms with van der Waals surface area (Å²) in [6.45, 7) is 4.92. The average Bonchev–Trinajstić information content (AvgIpc) is 3.24. The Morgan fingerprint density at radius 1 is 1.18 bits per heavy atom. The maximum atomic E-state index is 12.5. The molecule has 3 rings (SSSR count). The van der Waals surface area contributed by atoms with Crippen LogP contribution in [0.25, 0.3) is 23.0 Å². The molecule has 3 aromatic rings. The monoisotopic (exact) mass is 444 g/mol. The first-order chi connectivity index (χ1) is 16.0. The fourth-order valence-corrected chi connectivity index (χ4v) is 3.21. The summed E-state index contributed by atoms with van der Waals surface area (Å²) in [5.41, 5.74) is 3.07. The summed E-state index contributed by atoms with van der Waals surface area (Å²) in [6, 6.07) is 19.3. The van der Waals surface area contributed by atoms with Crippen molar-refractivity contribution in [2.75, 3.05) is 20.3 Å². The van der Waals surface area contributed by atoms with Gasteiger partial charge in [0.25, 0.3) is 5.91 Å². The van der Waals surface area contributed by atoms with Gasteiger partial charge in [-0.05, 0) is 62.7 Å². The Hall–Kier alpha value is -3.89. The summed E-state index contributed by atoms with van der Waals surface area (Å²) in [4.78, 5) is 12.5. The summed E-state index contributed by atoms with van der Waals surface area (Å²) in [5, 5.41) is 17.1. The smallest absolute Gasteiger partial charge is 0.261 e. The van der Waals surface area contributed by atoms with Crippen molar-refractivity contribution in [1.29, 1.82) is 5.26 Å². The van der Waals surface area contributed by atoms with E-state index in [2.05, 4.69) is 5.32 Å². The molecule has 0 aliphatic heterocycles. The number of amides is 1. The van der Waals surface area contributed by atoms with E-state index in [0.717, 1.165) is 17.0 Å². The van der Waals surface area contributed by atoms with Gasteiger partial charge in [-0.25, -0.2) is 4.68 Å². The fourth-order valence-electron chi connectivity index (χ4n) is 3.21. The van der Waals surface area contributed by atoms with Gasteiger partial charge in [0.1, 0.15) is 17.4 Å². The van der Waals surface area contributed by atoms with Crippen molar-refractivity contribution in [2.45, 2.75) is 26.4 Å². The lowest BCUT2D eigenvalue weighted by Gasteiger charge is -2.09. The van der Waals surface area contributed by atoms with Gasteiger partial charge >= 0.3 is 0 Å². The summed E-state index contributed by atoms with van der Waals surface area (Å²) in [7, 11) is 1.61. The van der Waals surface area contributed by atoms with Crippen LogP contribution in [0.2, 0.25) is 0 Å². The molecule has 1 heterocycles. The van der Waals surface area contributed by atoms with Gasteiger partial charge in [-0.3, -0.25) is 4.79 Å². The van der Waals surface area contributed by atoms with Gasteiger partial charge in [-0.2, -0.15) is 10.4 Å². The van der Waals surface area contributed by atoms with Crippen LogP contribution in [-0.2, 0) is 9.53 Å². The van der Waals surface area contributed by atoms with Gasteiger partial charge in [0, 0.05) is 37.6 Å². The molecule has 0 atom stereocenters. The van der Waals surface area contributed by atoms with E-state index in [0.29, 0.717) is 30.8 Å². The minimum absolute atomic E-state index is 0.0149. The zero-order valence-corrected chi connectivity index (χ0v) is 19.1. The van der Waals surface area contributed by atoms with Crippen LogP contribution in [0.5, 0.6) is 5.75 Å². The van der Waals surface area contributed by atoms with Crippen LogP contribution in [0, 0.1) is 11.3 Å². The van der Waals surface area contributed by atoms with E-state index < -0.39 is 5.91 Å². The number of carbonyl (C=O) groups is 1. The minimum atomic E-state index is -0.423. The second-order valence-electron chi connectivity index (χ2n) is 7.68. The van der Waals surface area contributed by atoms with Gasteiger partial charge in [-0.15, -0.1) is 0 Å². The Labute approximate surface area is 194 Å². The van der Waals surface area contributed by atoms with Crippen LogP contribution in [0.15, 0.2) is 66.4 Å². The van der Waals surface area contributed by atoms with Crippen LogP contribution in [0.3, 0.4) is 0 Å². The predicted molar refractivity (Wildman–Crippen MR) is 128 cm³/mol. The summed E-state index contributed by atoms with van der Waals surface area (Å²) >= 11 is 0. The normalized spacial score (nSPS) is 11.3. The lowest BCUT2D eigenvalue weighted by molar-refractivity contribution is -0.117. The average molecular weight is 445 g/mol. The second-order valence-corrected chi connectivity index (χ2v) is 7.68.